The molecule has 3 rings (SSSR count). The Labute approximate surface area is 138 Å². The minimum Gasteiger partial charge on any atom is -0.326 e. The van der Waals surface area contributed by atoms with Gasteiger partial charge in [-0.15, -0.1) is 0 Å². The first-order valence-electron chi connectivity index (χ1n) is 7.83. The third-order valence-corrected chi connectivity index (χ3v) is 5.64. The predicted molar refractivity (Wildman–Crippen MR) is 82.7 cm³/mol. The van der Waals surface area contributed by atoms with E-state index in [9.17, 15) is 22.0 Å². The molecule has 6 nitrogen and oxygen atoms in total. The van der Waals surface area contributed by atoms with Crippen molar-refractivity contribution in [3.8, 4) is 0 Å². The normalized spacial score (nSPS) is 26.8. The number of nitrogens with zero attached hydrogens (tertiary/aromatic N) is 1. The van der Waals surface area contributed by atoms with E-state index in [-0.39, 0.29) is 41.5 Å². The molecule has 2 saturated carbocycles. The van der Waals surface area contributed by atoms with Crippen LogP contribution < -0.4 is 10.5 Å². The first-order chi connectivity index (χ1) is 11.2. The second kappa shape index (κ2) is 6.03. The number of halogens is 2. The van der Waals surface area contributed by atoms with Gasteiger partial charge >= 0.3 is 0 Å². The summed E-state index contributed by atoms with van der Waals surface area (Å²) < 4.78 is 48.9. The number of hydrogen-bond donors (Lipinski definition) is 2. The van der Waals surface area contributed by atoms with Crippen LogP contribution in [0.15, 0.2) is 23.4 Å². The van der Waals surface area contributed by atoms with E-state index in [1.54, 1.807) is 0 Å². The zero-order valence-corrected chi connectivity index (χ0v) is 13.7. The summed E-state index contributed by atoms with van der Waals surface area (Å²) in [5, 5.41) is 7.34. The maximum absolute atomic E-state index is 13.2. The van der Waals surface area contributed by atoms with E-state index in [0.29, 0.717) is 24.9 Å². The number of primary sulfonamides is 1. The Morgan fingerprint density at radius 1 is 1.33 bits per heavy atom. The molecule has 1 heterocycles. The van der Waals surface area contributed by atoms with Gasteiger partial charge in [-0.1, -0.05) is 0 Å². The number of carbonyl (C=O) groups excluding carboxylic acids is 1. The van der Waals surface area contributed by atoms with E-state index in [1.165, 1.54) is 18.3 Å². The van der Waals surface area contributed by atoms with Gasteiger partial charge in [0.1, 0.15) is 0 Å². The van der Waals surface area contributed by atoms with Crippen LogP contribution in [0.1, 0.15) is 32.1 Å². The SMILES string of the molecule is NS(=O)(=O)c1cc(NC(=O)C2C[C@@H]2C2CCC(F)(F)CC2)ccn1. The molecule has 1 aromatic heterocycles. The number of rotatable bonds is 4. The highest BCUT2D eigenvalue weighted by molar-refractivity contribution is 7.89. The Morgan fingerprint density at radius 2 is 2.00 bits per heavy atom. The highest BCUT2D eigenvalue weighted by Gasteiger charge is 2.50. The topological polar surface area (TPSA) is 102 Å². The summed E-state index contributed by atoms with van der Waals surface area (Å²) in [6.07, 6.45) is 2.63. The van der Waals surface area contributed by atoms with Crippen LogP contribution in [0.5, 0.6) is 0 Å². The summed E-state index contributed by atoms with van der Waals surface area (Å²) in [6.45, 7) is 0. The van der Waals surface area contributed by atoms with Gasteiger partial charge in [0.2, 0.25) is 11.8 Å². The first-order valence-corrected chi connectivity index (χ1v) is 9.38. The van der Waals surface area contributed by atoms with Crippen LogP contribution in [0.2, 0.25) is 0 Å². The molecule has 24 heavy (non-hydrogen) atoms. The highest BCUT2D eigenvalue weighted by atomic mass is 32.2. The van der Waals surface area contributed by atoms with E-state index in [2.05, 4.69) is 10.3 Å². The van der Waals surface area contributed by atoms with Gasteiger partial charge in [-0.25, -0.2) is 27.3 Å². The zero-order chi connectivity index (χ0) is 17.5. The molecule has 2 atom stereocenters. The van der Waals surface area contributed by atoms with Crippen molar-refractivity contribution in [2.24, 2.45) is 22.9 Å². The van der Waals surface area contributed by atoms with Gasteiger partial charge in [-0.05, 0) is 37.2 Å². The standard InChI is InChI=1S/C15H19F2N3O3S/c16-15(17)4-1-9(2-5-15)11-8-12(11)14(21)20-10-3-6-19-13(7-10)24(18,22)23/h3,6-7,9,11-12H,1-2,4-5,8H2,(H2,18,22,23)(H,19,20,21)/t11-,12?/m1/s1. The summed E-state index contributed by atoms with van der Waals surface area (Å²) in [5.74, 6) is -2.68. The summed E-state index contributed by atoms with van der Waals surface area (Å²) in [5.41, 5.74) is 0.305. The maximum atomic E-state index is 13.2. The number of hydrogen-bond acceptors (Lipinski definition) is 4. The van der Waals surface area contributed by atoms with Crippen LogP contribution >= 0.6 is 0 Å². The number of carbonyl (C=O) groups is 1. The summed E-state index contributed by atoms with van der Waals surface area (Å²) in [6, 6.07) is 2.68. The van der Waals surface area contributed by atoms with Crippen LogP contribution in [-0.4, -0.2) is 25.2 Å². The number of alkyl halides is 2. The zero-order valence-electron chi connectivity index (χ0n) is 12.9. The Balaban J connectivity index is 1.58. The third-order valence-electron chi connectivity index (χ3n) is 4.84. The molecule has 2 aliphatic carbocycles. The molecule has 0 aliphatic heterocycles. The minimum atomic E-state index is -3.94. The average Bonchev–Trinajstić information content (AvgIpc) is 3.27. The molecular weight excluding hydrogens is 340 g/mol. The number of anilines is 1. The maximum Gasteiger partial charge on any atom is 0.255 e. The van der Waals surface area contributed by atoms with Crippen molar-refractivity contribution in [3.05, 3.63) is 18.3 Å². The van der Waals surface area contributed by atoms with Crippen LogP contribution in [-0.2, 0) is 14.8 Å². The van der Waals surface area contributed by atoms with E-state index in [4.69, 9.17) is 5.14 Å². The quantitative estimate of drug-likeness (QED) is 0.859. The number of nitrogens with one attached hydrogen (secondary N) is 1. The molecule has 1 aromatic rings. The lowest BCUT2D eigenvalue weighted by molar-refractivity contribution is -0.117. The lowest BCUT2D eigenvalue weighted by atomic mass is 9.83. The van der Waals surface area contributed by atoms with E-state index < -0.39 is 15.9 Å². The number of sulfonamides is 1. The lowest BCUT2D eigenvalue weighted by Crippen LogP contribution is -2.26. The average molecular weight is 359 g/mol. The number of pyridine rings is 1. The van der Waals surface area contributed by atoms with E-state index in [0.717, 1.165) is 0 Å². The fourth-order valence-corrected chi connectivity index (χ4v) is 3.90. The van der Waals surface area contributed by atoms with Crippen molar-refractivity contribution in [3.63, 3.8) is 0 Å². The highest BCUT2D eigenvalue weighted by Crippen LogP contribution is 2.51. The molecular formula is C15H19F2N3O3S. The molecule has 0 bridgehead atoms. The van der Waals surface area contributed by atoms with Crippen LogP contribution in [0, 0.1) is 17.8 Å². The van der Waals surface area contributed by atoms with Gasteiger partial charge in [0.25, 0.3) is 10.0 Å². The van der Waals surface area contributed by atoms with Crippen molar-refractivity contribution >= 4 is 21.6 Å². The molecule has 1 amide bonds. The fraction of sp³-hybridized carbons (Fsp3) is 0.600. The van der Waals surface area contributed by atoms with Gasteiger partial charge in [-0.2, -0.15) is 0 Å². The molecule has 0 saturated heterocycles. The van der Waals surface area contributed by atoms with Crippen molar-refractivity contribution in [2.75, 3.05) is 5.32 Å². The van der Waals surface area contributed by atoms with Crippen molar-refractivity contribution in [2.45, 2.75) is 43.1 Å². The Kier molecular flexibility index (Phi) is 4.33. The molecule has 0 radical (unpaired) electrons. The predicted octanol–water partition coefficient (Wildman–Crippen LogP) is 2.13. The third kappa shape index (κ3) is 3.89. The van der Waals surface area contributed by atoms with Gasteiger partial charge < -0.3 is 5.32 Å². The minimum absolute atomic E-state index is 0.107. The number of nitrogens with two attached hydrogens (primary N) is 1. The molecule has 0 spiro atoms. The lowest BCUT2D eigenvalue weighted by Gasteiger charge is -2.28. The second-order valence-electron chi connectivity index (χ2n) is 6.62. The number of amides is 1. The second-order valence-corrected chi connectivity index (χ2v) is 8.12. The van der Waals surface area contributed by atoms with Crippen LogP contribution in [0.3, 0.4) is 0 Å². The van der Waals surface area contributed by atoms with E-state index in [1.807, 2.05) is 0 Å². The molecule has 9 heteroatoms. The van der Waals surface area contributed by atoms with Crippen LogP contribution in [0.4, 0.5) is 14.5 Å². The molecule has 3 N–H and O–H groups in total. The van der Waals surface area contributed by atoms with E-state index >= 15 is 0 Å². The molecule has 2 fully saturated rings. The summed E-state index contributed by atoms with van der Waals surface area (Å²) >= 11 is 0. The van der Waals surface area contributed by atoms with Crippen molar-refractivity contribution in [1.29, 1.82) is 0 Å². The van der Waals surface area contributed by atoms with Crippen molar-refractivity contribution < 1.29 is 22.0 Å². The molecule has 2 aliphatic rings. The Hall–Kier alpha value is -1.61. The Morgan fingerprint density at radius 3 is 2.62 bits per heavy atom. The van der Waals surface area contributed by atoms with Gasteiger partial charge in [0.05, 0.1) is 0 Å². The van der Waals surface area contributed by atoms with Gasteiger partial charge in [0.15, 0.2) is 5.03 Å². The monoisotopic (exact) mass is 359 g/mol. The van der Waals surface area contributed by atoms with Gasteiger partial charge in [0, 0.05) is 36.7 Å². The summed E-state index contributed by atoms with van der Waals surface area (Å²) in [4.78, 5) is 15.9. The molecule has 132 valence electrons. The first kappa shape index (κ1) is 17.2. The number of aromatic nitrogens is 1. The molecule has 0 aromatic carbocycles. The molecule has 1 unspecified atom stereocenters. The smallest absolute Gasteiger partial charge is 0.255 e. The van der Waals surface area contributed by atoms with Gasteiger partial charge in [-0.3, -0.25) is 4.79 Å². The van der Waals surface area contributed by atoms with Crippen molar-refractivity contribution in [1.82, 2.24) is 4.98 Å². The largest absolute Gasteiger partial charge is 0.326 e. The summed E-state index contributed by atoms with van der Waals surface area (Å²) in [7, 11) is -3.94. The Bertz CT molecular complexity index is 744. The fourth-order valence-electron chi connectivity index (χ4n) is 3.41. The van der Waals surface area contributed by atoms with Crippen LogP contribution in [0.25, 0.3) is 0 Å².